The zero-order chi connectivity index (χ0) is 14.9. The van der Waals surface area contributed by atoms with Crippen molar-refractivity contribution in [2.45, 2.75) is 13.0 Å². The van der Waals surface area contributed by atoms with Gasteiger partial charge in [-0.25, -0.2) is 15.8 Å². The Morgan fingerprint density at radius 2 is 2.20 bits per heavy atom. The topological polar surface area (TPSA) is 113 Å². The van der Waals surface area contributed by atoms with Crippen LogP contribution in [0.15, 0.2) is 6.33 Å². The summed E-state index contributed by atoms with van der Waals surface area (Å²) in [6.07, 6.45) is 1.28. The van der Waals surface area contributed by atoms with Gasteiger partial charge in [-0.05, 0) is 20.0 Å². The molecular weight excluding hydrogens is 262 g/mol. The van der Waals surface area contributed by atoms with E-state index in [-0.39, 0.29) is 11.5 Å². The van der Waals surface area contributed by atoms with Crippen LogP contribution in [0.5, 0.6) is 0 Å². The third-order valence-corrected chi connectivity index (χ3v) is 3.66. The molecule has 9 nitrogen and oxygen atoms in total. The quantitative estimate of drug-likeness (QED) is 0.452. The van der Waals surface area contributed by atoms with Gasteiger partial charge in [0.25, 0.3) is 0 Å². The number of nitrogens with zero attached hydrogens (tertiary/aromatic N) is 5. The van der Waals surface area contributed by atoms with Crippen molar-refractivity contribution in [2.75, 3.05) is 37.5 Å². The lowest BCUT2D eigenvalue weighted by atomic mass is 10.1. The lowest BCUT2D eigenvalue weighted by Crippen LogP contribution is -2.34. The number of anilines is 2. The Morgan fingerprint density at radius 3 is 2.70 bits per heavy atom. The highest BCUT2D eigenvalue weighted by atomic mass is 16.6. The number of nitrogen functional groups attached to an aromatic ring is 1. The first-order valence-electron chi connectivity index (χ1n) is 6.33. The van der Waals surface area contributed by atoms with Crippen molar-refractivity contribution in [3.05, 3.63) is 16.4 Å². The smallest absolute Gasteiger partial charge is 0.349 e. The summed E-state index contributed by atoms with van der Waals surface area (Å²) in [5, 5.41) is 11.2. The Kier molecular flexibility index (Phi) is 4.00. The summed E-state index contributed by atoms with van der Waals surface area (Å²) in [6.45, 7) is 3.53. The van der Waals surface area contributed by atoms with E-state index in [0.29, 0.717) is 30.9 Å². The molecule has 0 bridgehead atoms. The minimum atomic E-state index is -0.502. The summed E-state index contributed by atoms with van der Waals surface area (Å²) >= 11 is 0. The van der Waals surface area contributed by atoms with Crippen molar-refractivity contribution >= 4 is 17.3 Å². The molecule has 1 aliphatic rings. The van der Waals surface area contributed by atoms with Gasteiger partial charge in [0, 0.05) is 19.1 Å². The van der Waals surface area contributed by atoms with E-state index in [2.05, 4.69) is 27.2 Å². The number of nitro groups is 1. The molecule has 0 amide bonds. The van der Waals surface area contributed by atoms with E-state index >= 15 is 0 Å². The summed E-state index contributed by atoms with van der Waals surface area (Å²) in [5.74, 6) is 6.03. The zero-order valence-electron chi connectivity index (χ0n) is 11.8. The molecule has 0 aliphatic carbocycles. The van der Waals surface area contributed by atoms with Crippen LogP contribution in [-0.4, -0.2) is 53.0 Å². The van der Waals surface area contributed by atoms with E-state index < -0.39 is 4.92 Å². The number of hydrogen-bond donors (Lipinski definition) is 2. The molecule has 0 aromatic carbocycles. The van der Waals surface area contributed by atoms with Crippen molar-refractivity contribution in [1.82, 2.24) is 14.9 Å². The van der Waals surface area contributed by atoms with Gasteiger partial charge < -0.3 is 15.2 Å². The second-order valence-electron chi connectivity index (χ2n) is 5.21. The van der Waals surface area contributed by atoms with E-state index in [1.165, 1.54) is 6.33 Å². The van der Waals surface area contributed by atoms with E-state index in [4.69, 9.17) is 5.84 Å². The maximum Gasteiger partial charge on any atom is 0.354 e. The Morgan fingerprint density at radius 1 is 1.50 bits per heavy atom. The molecule has 1 fully saturated rings. The lowest BCUT2D eigenvalue weighted by Gasteiger charge is -2.22. The minimum Gasteiger partial charge on any atom is -0.349 e. The molecule has 2 rings (SSSR count). The summed E-state index contributed by atoms with van der Waals surface area (Å²) in [5.41, 5.74) is 2.08. The van der Waals surface area contributed by atoms with E-state index in [9.17, 15) is 10.1 Å². The molecule has 1 aromatic heterocycles. The number of rotatable bonds is 4. The monoisotopic (exact) mass is 281 g/mol. The normalized spacial score (nSPS) is 22.4. The van der Waals surface area contributed by atoms with Crippen LogP contribution in [0.1, 0.15) is 6.92 Å². The third kappa shape index (κ3) is 2.49. The number of likely N-dealkylation sites (N-methyl/N-ethyl adjacent to an activating group) is 1. The molecule has 0 saturated carbocycles. The number of aromatic nitrogens is 2. The van der Waals surface area contributed by atoms with Gasteiger partial charge in [-0.1, -0.05) is 6.92 Å². The van der Waals surface area contributed by atoms with Gasteiger partial charge in [-0.2, -0.15) is 0 Å². The molecule has 2 unspecified atom stereocenters. The van der Waals surface area contributed by atoms with Crippen LogP contribution in [0.25, 0.3) is 0 Å². The Hall–Kier alpha value is -2.00. The first-order valence-corrected chi connectivity index (χ1v) is 6.33. The van der Waals surface area contributed by atoms with E-state index in [1.54, 1.807) is 0 Å². The highest BCUT2D eigenvalue weighted by Gasteiger charge is 2.36. The zero-order valence-corrected chi connectivity index (χ0v) is 11.8. The fraction of sp³-hybridized carbons (Fsp3) is 0.636. The maximum atomic E-state index is 11.2. The molecule has 20 heavy (non-hydrogen) atoms. The SMILES string of the molecule is CC1CN(c2ncnc(NN)c2[N+](=O)[O-])CC1N(C)C. The molecule has 0 radical (unpaired) electrons. The van der Waals surface area contributed by atoms with Crippen LogP contribution in [0, 0.1) is 16.0 Å². The van der Waals surface area contributed by atoms with Crippen LogP contribution < -0.4 is 16.2 Å². The van der Waals surface area contributed by atoms with Crippen molar-refractivity contribution in [2.24, 2.45) is 11.8 Å². The van der Waals surface area contributed by atoms with Crippen molar-refractivity contribution in [3.8, 4) is 0 Å². The van der Waals surface area contributed by atoms with E-state index in [1.807, 2.05) is 19.0 Å². The van der Waals surface area contributed by atoms with E-state index in [0.717, 1.165) is 0 Å². The average molecular weight is 281 g/mol. The predicted molar refractivity (Wildman–Crippen MR) is 75.3 cm³/mol. The number of nitrogens with two attached hydrogens (primary N) is 1. The molecule has 2 atom stereocenters. The summed E-state index contributed by atoms with van der Waals surface area (Å²) in [4.78, 5) is 22.7. The Balaban J connectivity index is 2.37. The molecule has 110 valence electrons. The fourth-order valence-corrected chi connectivity index (χ4v) is 2.67. The number of hydrazine groups is 1. The third-order valence-electron chi connectivity index (χ3n) is 3.66. The van der Waals surface area contributed by atoms with Crippen LogP contribution in [-0.2, 0) is 0 Å². The van der Waals surface area contributed by atoms with Crippen LogP contribution in [0.4, 0.5) is 17.3 Å². The highest BCUT2D eigenvalue weighted by molar-refractivity contribution is 5.70. The first-order chi connectivity index (χ1) is 9.45. The van der Waals surface area contributed by atoms with Crippen molar-refractivity contribution < 1.29 is 4.92 Å². The molecular formula is C11H19N7O2. The largest absolute Gasteiger partial charge is 0.354 e. The minimum absolute atomic E-state index is 0.0287. The summed E-state index contributed by atoms with van der Waals surface area (Å²) in [7, 11) is 4.01. The van der Waals surface area contributed by atoms with Crippen molar-refractivity contribution in [1.29, 1.82) is 0 Å². The van der Waals surface area contributed by atoms with Gasteiger partial charge in [0.1, 0.15) is 6.33 Å². The van der Waals surface area contributed by atoms with Gasteiger partial charge in [-0.15, -0.1) is 0 Å². The van der Waals surface area contributed by atoms with Gasteiger partial charge in [-0.3, -0.25) is 10.1 Å². The van der Waals surface area contributed by atoms with Crippen molar-refractivity contribution in [3.63, 3.8) is 0 Å². The fourth-order valence-electron chi connectivity index (χ4n) is 2.67. The summed E-state index contributed by atoms with van der Waals surface area (Å²) in [6, 6.07) is 0.332. The predicted octanol–water partition coefficient (Wildman–Crippen LogP) is 0.0567. The molecule has 0 spiro atoms. The van der Waals surface area contributed by atoms with Gasteiger partial charge >= 0.3 is 5.69 Å². The average Bonchev–Trinajstić information content (AvgIpc) is 2.79. The molecule has 1 saturated heterocycles. The van der Waals surface area contributed by atoms with Crippen LogP contribution in [0.3, 0.4) is 0 Å². The number of hydrogen-bond acceptors (Lipinski definition) is 8. The van der Waals surface area contributed by atoms with Gasteiger partial charge in [0.15, 0.2) is 0 Å². The molecule has 9 heteroatoms. The Labute approximate surface area is 116 Å². The Bertz CT molecular complexity index is 508. The second-order valence-corrected chi connectivity index (χ2v) is 5.21. The number of nitrogens with one attached hydrogen (secondary N) is 1. The maximum absolute atomic E-state index is 11.2. The molecule has 2 heterocycles. The lowest BCUT2D eigenvalue weighted by molar-refractivity contribution is -0.383. The van der Waals surface area contributed by atoms with Gasteiger partial charge in [0.2, 0.25) is 11.6 Å². The second kappa shape index (κ2) is 5.55. The first kappa shape index (κ1) is 14.4. The highest BCUT2D eigenvalue weighted by Crippen LogP contribution is 2.34. The standard InChI is InChI=1S/C11H19N7O2/c1-7-4-17(5-8(7)16(2)3)11-9(18(19)20)10(15-12)13-6-14-11/h6-8H,4-5,12H2,1-3H3,(H,13,14,15). The van der Waals surface area contributed by atoms with Crippen LogP contribution >= 0.6 is 0 Å². The summed E-state index contributed by atoms with van der Waals surface area (Å²) < 4.78 is 0. The van der Waals surface area contributed by atoms with Gasteiger partial charge in [0.05, 0.1) is 4.92 Å². The van der Waals surface area contributed by atoms with Crippen LogP contribution in [0.2, 0.25) is 0 Å². The molecule has 1 aliphatic heterocycles. The molecule has 1 aromatic rings. The molecule has 3 N–H and O–H groups in total.